The van der Waals surface area contributed by atoms with Gasteiger partial charge in [0.1, 0.15) is 0 Å². The fraction of sp³-hybridized carbons (Fsp3) is 0.667. The van der Waals surface area contributed by atoms with E-state index in [-0.39, 0.29) is 6.61 Å². The maximum absolute atomic E-state index is 9.24. The molecule has 1 nitrogen and oxygen atoms in total. The molecule has 0 heterocycles. The molecular weight excluding hydrogens is 52.0 g/mol. The van der Waals surface area contributed by atoms with Crippen molar-refractivity contribution in [2.24, 2.45) is 0 Å². The first kappa shape index (κ1) is 3.96. The van der Waals surface area contributed by atoms with Gasteiger partial charge < -0.3 is 0 Å². The Balaban J connectivity index is 1.97. The molecule has 0 aliphatic rings. The largest absolute Gasteiger partial charge is 0.237 e. The van der Waals surface area contributed by atoms with Gasteiger partial charge in [0.15, 0.2) is 0 Å². The summed E-state index contributed by atoms with van der Waals surface area (Å²) in [6.45, 7) is 3.25. The molecule has 1 heteroatoms. The molecule has 0 atom stereocenters. The van der Waals surface area contributed by atoms with Gasteiger partial charge in [-0.1, -0.05) is 6.92 Å². The SMILES string of the molecule is [CH2]CC[O]. The van der Waals surface area contributed by atoms with Crippen molar-refractivity contribution >= 4 is 0 Å². The molecule has 24 valence electrons. The van der Waals surface area contributed by atoms with Crippen molar-refractivity contribution in [1.82, 2.24) is 0 Å². The molecule has 4 heavy (non-hydrogen) atoms. The van der Waals surface area contributed by atoms with E-state index >= 15 is 0 Å². The van der Waals surface area contributed by atoms with Gasteiger partial charge >= 0.3 is 0 Å². The molecule has 0 bridgehead atoms. The summed E-state index contributed by atoms with van der Waals surface area (Å²) in [6.07, 6.45) is 0.514. The van der Waals surface area contributed by atoms with E-state index in [1.54, 1.807) is 0 Å². The fourth-order valence-corrected chi connectivity index (χ4v) is 0. The summed E-state index contributed by atoms with van der Waals surface area (Å²) in [6, 6.07) is 0. The molecule has 0 spiro atoms. The first-order valence-electron chi connectivity index (χ1n) is 1.29. The summed E-state index contributed by atoms with van der Waals surface area (Å²) in [5, 5.41) is 9.24. The highest BCUT2D eigenvalue weighted by Crippen LogP contribution is 1.61. The second-order valence-electron chi connectivity index (χ2n) is 0.558. The maximum Gasteiger partial charge on any atom is 0.0822 e. The van der Waals surface area contributed by atoms with Crippen molar-refractivity contribution in [3.05, 3.63) is 6.92 Å². The number of hydrogen-bond donors (Lipinski definition) is 0. The Morgan fingerprint density at radius 2 is 2.00 bits per heavy atom. The predicted octanol–water partition coefficient (Wildman–Crippen LogP) is 0.641. The Morgan fingerprint density at radius 1 is 1.75 bits per heavy atom. The normalized spacial score (nSPS) is 7.50. The lowest BCUT2D eigenvalue weighted by molar-refractivity contribution is 0.199. The topological polar surface area (TPSA) is 19.9 Å². The van der Waals surface area contributed by atoms with Crippen molar-refractivity contribution in [2.45, 2.75) is 6.42 Å². The Hall–Kier alpha value is -0.0400. The third kappa shape index (κ3) is 1.96. The van der Waals surface area contributed by atoms with Crippen molar-refractivity contribution in [2.75, 3.05) is 6.61 Å². The zero-order valence-corrected chi connectivity index (χ0v) is 2.53. The van der Waals surface area contributed by atoms with Crippen LogP contribution in [0.5, 0.6) is 0 Å². The van der Waals surface area contributed by atoms with Gasteiger partial charge in [-0.2, -0.15) is 0 Å². The van der Waals surface area contributed by atoms with E-state index in [0.29, 0.717) is 6.42 Å². The third-order valence-electron chi connectivity index (χ3n) is 0.144. The summed E-state index contributed by atoms with van der Waals surface area (Å²) in [4.78, 5) is 0. The van der Waals surface area contributed by atoms with Gasteiger partial charge in [0.25, 0.3) is 0 Å². The predicted molar refractivity (Wildman–Crippen MR) is 15.5 cm³/mol. The van der Waals surface area contributed by atoms with Crippen molar-refractivity contribution in [1.29, 1.82) is 0 Å². The molecule has 0 fully saturated rings. The van der Waals surface area contributed by atoms with Crippen LogP contribution in [0.2, 0.25) is 0 Å². The van der Waals surface area contributed by atoms with Crippen LogP contribution >= 0.6 is 0 Å². The second kappa shape index (κ2) is 2.96. The highest BCUT2D eigenvalue weighted by molar-refractivity contribution is 4.28. The molecule has 0 saturated carbocycles. The fourth-order valence-electron chi connectivity index (χ4n) is 0. The minimum atomic E-state index is -0.0417. The van der Waals surface area contributed by atoms with E-state index in [9.17, 15) is 5.11 Å². The molecule has 0 unspecified atom stereocenters. The molecular formula is C3H6O. The van der Waals surface area contributed by atoms with Gasteiger partial charge in [0.2, 0.25) is 0 Å². The zero-order valence-electron chi connectivity index (χ0n) is 2.53. The molecule has 0 aromatic carbocycles. The quantitative estimate of drug-likeness (QED) is 0.421. The van der Waals surface area contributed by atoms with Crippen molar-refractivity contribution in [3.63, 3.8) is 0 Å². The monoisotopic (exact) mass is 58.0 g/mol. The van der Waals surface area contributed by atoms with E-state index < -0.39 is 0 Å². The summed E-state index contributed by atoms with van der Waals surface area (Å²) < 4.78 is 0. The average Bonchev–Trinajstić information content (AvgIpc) is 1.37. The van der Waals surface area contributed by atoms with Crippen LogP contribution in [0.4, 0.5) is 0 Å². The summed E-state index contributed by atoms with van der Waals surface area (Å²) >= 11 is 0. The lowest BCUT2D eigenvalue weighted by atomic mass is 10.5. The van der Waals surface area contributed by atoms with Crippen LogP contribution in [-0.4, -0.2) is 6.61 Å². The van der Waals surface area contributed by atoms with Crippen LogP contribution in [0.15, 0.2) is 0 Å². The molecule has 0 aromatic rings. The van der Waals surface area contributed by atoms with E-state index in [1.165, 1.54) is 0 Å². The van der Waals surface area contributed by atoms with Gasteiger partial charge in [-0.05, 0) is 6.42 Å². The Labute approximate surface area is 26.3 Å². The van der Waals surface area contributed by atoms with Crippen LogP contribution < -0.4 is 0 Å². The van der Waals surface area contributed by atoms with Crippen LogP contribution in [0, 0.1) is 6.92 Å². The molecule has 0 aliphatic carbocycles. The number of rotatable bonds is 1. The minimum absolute atomic E-state index is 0.0417. The lowest BCUT2D eigenvalue weighted by Gasteiger charge is -1.64. The standard InChI is InChI=1S/C3H6O/c1-2-3-4/h1-3H2. The molecule has 0 aromatic heterocycles. The van der Waals surface area contributed by atoms with Gasteiger partial charge in [0.05, 0.1) is 6.61 Å². The van der Waals surface area contributed by atoms with Gasteiger partial charge in [-0.25, -0.2) is 5.11 Å². The molecule has 0 saturated heterocycles. The first-order valence-corrected chi connectivity index (χ1v) is 1.29. The van der Waals surface area contributed by atoms with E-state index in [4.69, 9.17) is 0 Å². The van der Waals surface area contributed by atoms with E-state index in [0.717, 1.165) is 0 Å². The Kier molecular flexibility index (Phi) is 2.93. The minimum Gasteiger partial charge on any atom is -0.237 e. The number of hydrogen-bond acceptors (Lipinski definition) is 0. The molecule has 0 rings (SSSR count). The zero-order chi connectivity index (χ0) is 3.41. The molecule has 0 aliphatic heterocycles. The van der Waals surface area contributed by atoms with E-state index in [1.807, 2.05) is 0 Å². The summed E-state index contributed by atoms with van der Waals surface area (Å²) in [7, 11) is 0. The summed E-state index contributed by atoms with van der Waals surface area (Å²) in [5.41, 5.74) is 0. The highest BCUT2D eigenvalue weighted by Gasteiger charge is 1.60. The Morgan fingerprint density at radius 3 is 2.00 bits per heavy atom. The van der Waals surface area contributed by atoms with Crippen LogP contribution in [0.3, 0.4) is 0 Å². The summed E-state index contributed by atoms with van der Waals surface area (Å²) in [5.74, 6) is 0. The van der Waals surface area contributed by atoms with E-state index in [2.05, 4.69) is 6.92 Å². The third-order valence-corrected chi connectivity index (χ3v) is 0.144. The van der Waals surface area contributed by atoms with Crippen molar-refractivity contribution < 1.29 is 5.11 Å². The van der Waals surface area contributed by atoms with Crippen LogP contribution in [-0.2, 0) is 5.11 Å². The molecule has 0 amide bonds. The van der Waals surface area contributed by atoms with Crippen molar-refractivity contribution in [3.8, 4) is 0 Å². The average molecular weight is 58.1 g/mol. The maximum atomic E-state index is 9.24. The van der Waals surface area contributed by atoms with Crippen LogP contribution in [0.25, 0.3) is 0 Å². The van der Waals surface area contributed by atoms with Gasteiger partial charge in [-0.3, -0.25) is 0 Å². The second-order valence-corrected chi connectivity index (χ2v) is 0.558. The van der Waals surface area contributed by atoms with Gasteiger partial charge in [0, 0.05) is 0 Å². The first-order chi connectivity index (χ1) is 1.91. The van der Waals surface area contributed by atoms with Gasteiger partial charge in [-0.15, -0.1) is 0 Å². The molecule has 2 radical (unpaired) electrons. The molecule has 0 N–H and O–H groups in total. The van der Waals surface area contributed by atoms with Crippen LogP contribution in [0.1, 0.15) is 6.42 Å². The lowest BCUT2D eigenvalue weighted by Crippen LogP contribution is -1.66. The Bertz CT molecular complexity index is 5.25. The smallest absolute Gasteiger partial charge is 0.0822 e. The highest BCUT2D eigenvalue weighted by atomic mass is 16.2.